The third-order valence-electron chi connectivity index (χ3n) is 1.82. The lowest BCUT2D eigenvalue weighted by Gasteiger charge is -1.98. The van der Waals surface area contributed by atoms with Gasteiger partial charge in [-0.1, -0.05) is 42.5 Å². The van der Waals surface area contributed by atoms with Crippen LogP contribution in [0.5, 0.6) is 0 Å². The summed E-state index contributed by atoms with van der Waals surface area (Å²) in [5.74, 6) is 0. The molecule has 2 aromatic carbocycles. The van der Waals surface area contributed by atoms with E-state index in [9.17, 15) is 0 Å². The van der Waals surface area contributed by atoms with Crippen LogP contribution in [0.3, 0.4) is 0 Å². The molecule has 1 unspecified atom stereocenters. The molecular formula is C10H9P. The fraction of sp³-hybridized carbons (Fsp3) is 0. The molecular weight excluding hydrogens is 151 g/mol. The van der Waals surface area contributed by atoms with Gasteiger partial charge in [-0.05, 0) is 16.1 Å². The van der Waals surface area contributed by atoms with Gasteiger partial charge in [0.1, 0.15) is 0 Å². The molecule has 0 saturated carbocycles. The Bertz CT molecular complexity index is 374. The highest BCUT2D eigenvalue weighted by molar-refractivity contribution is 7.28. The molecule has 0 nitrogen and oxygen atoms in total. The molecule has 0 saturated heterocycles. The zero-order valence-electron chi connectivity index (χ0n) is 6.12. The van der Waals surface area contributed by atoms with Crippen LogP contribution < -0.4 is 5.30 Å². The molecule has 1 atom stereocenters. The summed E-state index contributed by atoms with van der Waals surface area (Å²) in [5.41, 5.74) is 0. The molecule has 0 N–H and O–H groups in total. The minimum atomic E-state index is 1.27. The molecule has 0 spiro atoms. The summed E-state index contributed by atoms with van der Waals surface area (Å²) in [4.78, 5) is 0. The lowest BCUT2D eigenvalue weighted by molar-refractivity contribution is 1.79. The molecule has 0 heterocycles. The summed E-state index contributed by atoms with van der Waals surface area (Å²) in [6.45, 7) is 0. The summed E-state index contributed by atoms with van der Waals surface area (Å²) in [6, 6.07) is 14.7. The number of rotatable bonds is 0. The van der Waals surface area contributed by atoms with Crippen molar-refractivity contribution in [1.82, 2.24) is 0 Å². The fourth-order valence-electron chi connectivity index (χ4n) is 1.25. The van der Waals surface area contributed by atoms with Crippen LogP contribution in [-0.4, -0.2) is 0 Å². The van der Waals surface area contributed by atoms with Crippen LogP contribution in [-0.2, 0) is 0 Å². The highest BCUT2D eigenvalue weighted by Crippen LogP contribution is 2.12. The van der Waals surface area contributed by atoms with Gasteiger partial charge in [-0.15, -0.1) is 9.24 Å². The van der Waals surface area contributed by atoms with E-state index in [2.05, 4.69) is 51.7 Å². The van der Waals surface area contributed by atoms with E-state index in [0.717, 1.165) is 0 Å². The maximum absolute atomic E-state index is 2.74. The summed E-state index contributed by atoms with van der Waals surface area (Å²) in [5, 5.41) is 3.89. The molecule has 0 aliphatic heterocycles. The summed E-state index contributed by atoms with van der Waals surface area (Å²) in [6.07, 6.45) is 0. The van der Waals surface area contributed by atoms with Crippen molar-refractivity contribution in [2.45, 2.75) is 0 Å². The molecule has 0 fully saturated rings. The van der Waals surface area contributed by atoms with Gasteiger partial charge in [0.05, 0.1) is 0 Å². The van der Waals surface area contributed by atoms with Crippen LogP contribution >= 0.6 is 9.24 Å². The quantitative estimate of drug-likeness (QED) is 0.519. The summed E-state index contributed by atoms with van der Waals surface area (Å²) in [7, 11) is 2.74. The lowest BCUT2D eigenvalue weighted by atomic mass is 10.1. The van der Waals surface area contributed by atoms with E-state index in [-0.39, 0.29) is 0 Å². The van der Waals surface area contributed by atoms with Gasteiger partial charge in [-0.25, -0.2) is 0 Å². The molecule has 11 heavy (non-hydrogen) atoms. The standard InChI is InChI=1S/C10H9P/c11-10-7-3-5-8-4-1-2-6-9(8)10/h1-7H,11H2. The zero-order valence-corrected chi connectivity index (χ0v) is 7.27. The van der Waals surface area contributed by atoms with Gasteiger partial charge >= 0.3 is 0 Å². The van der Waals surface area contributed by atoms with Crippen molar-refractivity contribution in [3.63, 3.8) is 0 Å². The molecule has 0 radical (unpaired) electrons. The van der Waals surface area contributed by atoms with Gasteiger partial charge in [0, 0.05) is 0 Å². The second kappa shape index (κ2) is 2.64. The average Bonchev–Trinajstić information content (AvgIpc) is 2.06. The van der Waals surface area contributed by atoms with E-state index in [1.807, 2.05) is 0 Å². The van der Waals surface area contributed by atoms with Crippen molar-refractivity contribution in [3.05, 3.63) is 42.5 Å². The minimum absolute atomic E-state index is 1.27. The zero-order chi connectivity index (χ0) is 7.68. The van der Waals surface area contributed by atoms with E-state index >= 15 is 0 Å². The van der Waals surface area contributed by atoms with Crippen molar-refractivity contribution in [2.24, 2.45) is 0 Å². The molecule has 0 bridgehead atoms. The highest BCUT2D eigenvalue weighted by Gasteiger charge is 1.92. The number of fused-ring (bicyclic) bond motifs is 1. The van der Waals surface area contributed by atoms with Crippen molar-refractivity contribution in [2.75, 3.05) is 0 Å². The average molecular weight is 160 g/mol. The van der Waals surface area contributed by atoms with Crippen molar-refractivity contribution in [3.8, 4) is 0 Å². The van der Waals surface area contributed by atoms with Gasteiger partial charge in [0.25, 0.3) is 0 Å². The van der Waals surface area contributed by atoms with Gasteiger partial charge < -0.3 is 0 Å². The molecule has 0 aromatic heterocycles. The second-order valence-electron chi connectivity index (χ2n) is 2.57. The number of hydrogen-bond donors (Lipinski definition) is 0. The van der Waals surface area contributed by atoms with Crippen LogP contribution in [0.2, 0.25) is 0 Å². The molecule has 54 valence electrons. The Labute approximate surface area is 68.4 Å². The predicted octanol–water partition coefficient (Wildman–Crippen LogP) is 2.34. The van der Waals surface area contributed by atoms with Crippen LogP contribution in [0.15, 0.2) is 42.5 Å². The van der Waals surface area contributed by atoms with Crippen molar-refractivity contribution < 1.29 is 0 Å². The molecule has 2 rings (SSSR count). The Morgan fingerprint density at radius 1 is 0.818 bits per heavy atom. The Morgan fingerprint density at radius 2 is 1.55 bits per heavy atom. The van der Waals surface area contributed by atoms with Gasteiger partial charge in [0.15, 0.2) is 0 Å². The largest absolute Gasteiger partial charge is 0.105 e. The SMILES string of the molecule is Pc1cccc2ccccc12. The first-order valence-corrected chi connectivity index (χ1v) is 4.19. The number of hydrogen-bond acceptors (Lipinski definition) is 0. The molecule has 1 heteroatoms. The second-order valence-corrected chi connectivity index (χ2v) is 3.19. The van der Waals surface area contributed by atoms with Crippen LogP contribution in [0.1, 0.15) is 0 Å². The third kappa shape index (κ3) is 1.15. The molecule has 2 aromatic rings. The fourth-order valence-corrected chi connectivity index (χ4v) is 1.62. The van der Waals surface area contributed by atoms with Gasteiger partial charge in [0.2, 0.25) is 0 Å². The maximum Gasteiger partial charge on any atom is -0.0112 e. The molecule has 0 amide bonds. The van der Waals surface area contributed by atoms with Crippen molar-refractivity contribution >= 4 is 25.3 Å². The van der Waals surface area contributed by atoms with E-state index in [4.69, 9.17) is 0 Å². The van der Waals surface area contributed by atoms with Crippen LogP contribution in [0.4, 0.5) is 0 Å². The first-order chi connectivity index (χ1) is 5.38. The minimum Gasteiger partial charge on any atom is -0.105 e. The van der Waals surface area contributed by atoms with Gasteiger partial charge in [-0.2, -0.15) is 0 Å². The summed E-state index contributed by atoms with van der Waals surface area (Å²) >= 11 is 0. The topological polar surface area (TPSA) is 0 Å². The monoisotopic (exact) mass is 160 g/mol. The first-order valence-electron chi connectivity index (χ1n) is 3.61. The normalized spacial score (nSPS) is 10.3. The Morgan fingerprint density at radius 3 is 2.36 bits per heavy atom. The Balaban J connectivity index is 2.91. The van der Waals surface area contributed by atoms with E-state index in [1.165, 1.54) is 16.1 Å². The smallest absolute Gasteiger partial charge is 0.0112 e. The van der Waals surface area contributed by atoms with E-state index < -0.39 is 0 Å². The summed E-state index contributed by atoms with van der Waals surface area (Å²) < 4.78 is 0. The Hall–Kier alpha value is -0.870. The first kappa shape index (κ1) is 6.82. The van der Waals surface area contributed by atoms with Crippen molar-refractivity contribution in [1.29, 1.82) is 0 Å². The highest BCUT2D eigenvalue weighted by atomic mass is 31.0. The molecule has 0 aliphatic carbocycles. The number of benzene rings is 2. The van der Waals surface area contributed by atoms with Crippen LogP contribution in [0, 0.1) is 0 Å². The third-order valence-corrected chi connectivity index (χ3v) is 2.33. The maximum atomic E-state index is 2.74. The van der Waals surface area contributed by atoms with Gasteiger partial charge in [-0.3, -0.25) is 0 Å². The van der Waals surface area contributed by atoms with E-state index in [0.29, 0.717) is 0 Å². The lowest BCUT2D eigenvalue weighted by Crippen LogP contribution is -1.90. The van der Waals surface area contributed by atoms with Crippen LogP contribution in [0.25, 0.3) is 10.8 Å². The predicted molar refractivity (Wildman–Crippen MR) is 53.3 cm³/mol. The Kier molecular flexibility index (Phi) is 1.63. The van der Waals surface area contributed by atoms with E-state index in [1.54, 1.807) is 0 Å². The molecule has 0 aliphatic rings.